The van der Waals surface area contributed by atoms with E-state index in [1.165, 1.54) is 5.69 Å². The van der Waals surface area contributed by atoms with Crippen LogP contribution in [0.25, 0.3) is 0 Å². The Morgan fingerprint density at radius 2 is 1.95 bits per heavy atom. The molecule has 7 heteroatoms. The number of aromatic nitrogens is 3. The fourth-order valence-electron chi connectivity index (χ4n) is 1.77. The molecule has 0 bridgehead atoms. The lowest BCUT2D eigenvalue weighted by Gasteiger charge is -2.19. The molecule has 0 amide bonds. The van der Waals surface area contributed by atoms with Gasteiger partial charge >= 0.3 is 0 Å². The molecule has 1 aromatic carbocycles. The van der Waals surface area contributed by atoms with Crippen LogP contribution in [0.15, 0.2) is 30.3 Å². The van der Waals surface area contributed by atoms with Crippen molar-refractivity contribution in [3.05, 3.63) is 35.6 Å². The number of rotatable bonds is 6. The van der Waals surface area contributed by atoms with Crippen LogP contribution in [0.2, 0.25) is 5.28 Å². The molecular weight excluding hydrogens is 276 g/mol. The predicted octanol–water partition coefficient (Wildman–Crippen LogP) is 2.05. The third-order valence-corrected chi connectivity index (χ3v) is 2.94. The summed E-state index contributed by atoms with van der Waals surface area (Å²) in [6.45, 7) is 1.66. The summed E-state index contributed by atoms with van der Waals surface area (Å²) in [5.74, 6) is 0.527. The number of halogens is 1. The normalized spacial score (nSPS) is 10.3. The number of hydrogen-bond donors (Lipinski definition) is 2. The zero-order valence-electron chi connectivity index (χ0n) is 11.3. The molecule has 0 aliphatic carbocycles. The fraction of sp³-hybridized carbons (Fsp3) is 0.308. The van der Waals surface area contributed by atoms with E-state index in [2.05, 4.69) is 44.3 Å². The van der Waals surface area contributed by atoms with E-state index in [9.17, 15) is 0 Å². The van der Waals surface area contributed by atoms with Crippen molar-refractivity contribution < 1.29 is 0 Å². The Bertz CT molecular complexity index is 528. The Morgan fingerprint density at radius 1 is 1.20 bits per heavy atom. The van der Waals surface area contributed by atoms with Crippen LogP contribution in [0.4, 0.5) is 17.6 Å². The van der Waals surface area contributed by atoms with Crippen molar-refractivity contribution in [1.29, 1.82) is 0 Å². The van der Waals surface area contributed by atoms with Gasteiger partial charge in [0.1, 0.15) is 0 Å². The summed E-state index contributed by atoms with van der Waals surface area (Å²) in [5, 5.41) is 3.18. The average Bonchev–Trinajstić information content (AvgIpc) is 2.43. The van der Waals surface area contributed by atoms with Crippen LogP contribution in [-0.2, 0) is 0 Å². The van der Waals surface area contributed by atoms with Crippen molar-refractivity contribution in [3.63, 3.8) is 0 Å². The summed E-state index contributed by atoms with van der Waals surface area (Å²) < 4.78 is 0. The molecule has 0 atom stereocenters. The highest BCUT2D eigenvalue weighted by Crippen LogP contribution is 2.11. The molecule has 2 aromatic rings. The average molecular weight is 293 g/mol. The van der Waals surface area contributed by atoms with Gasteiger partial charge in [0.15, 0.2) is 0 Å². The van der Waals surface area contributed by atoms with Crippen LogP contribution in [0.5, 0.6) is 0 Å². The van der Waals surface area contributed by atoms with Gasteiger partial charge in [-0.1, -0.05) is 18.2 Å². The van der Waals surface area contributed by atoms with E-state index < -0.39 is 0 Å². The molecule has 20 heavy (non-hydrogen) atoms. The van der Waals surface area contributed by atoms with Gasteiger partial charge in [-0.2, -0.15) is 15.0 Å². The summed E-state index contributed by atoms with van der Waals surface area (Å²) in [4.78, 5) is 13.8. The molecule has 2 rings (SSSR count). The molecule has 0 aliphatic rings. The third-order valence-electron chi connectivity index (χ3n) is 2.78. The highest BCUT2D eigenvalue weighted by atomic mass is 35.5. The maximum Gasteiger partial charge on any atom is 0.228 e. The molecular formula is C13H17ClN6. The third kappa shape index (κ3) is 4.24. The second kappa shape index (κ2) is 6.91. The van der Waals surface area contributed by atoms with E-state index in [0.717, 1.165) is 19.5 Å². The van der Waals surface area contributed by atoms with Crippen LogP contribution in [0.1, 0.15) is 6.42 Å². The topological polar surface area (TPSA) is 80.0 Å². The Labute approximate surface area is 123 Å². The van der Waals surface area contributed by atoms with Crippen molar-refractivity contribution in [2.45, 2.75) is 6.42 Å². The predicted molar refractivity (Wildman–Crippen MR) is 82.1 cm³/mol. The van der Waals surface area contributed by atoms with Gasteiger partial charge in [0.25, 0.3) is 0 Å². The van der Waals surface area contributed by atoms with E-state index >= 15 is 0 Å². The Morgan fingerprint density at radius 3 is 2.65 bits per heavy atom. The lowest BCUT2D eigenvalue weighted by atomic mass is 10.3. The molecule has 106 valence electrons. The highest BCUT2D eigenvalue weighted by molar-refractivity contribution is 6.28. The molecule has 6 nitrogen and oxygen atoms in total. The van der Waals surface area contributed by atoms with Crippen LogP contribution >= 0.6 is 11.6 Å². The Hall–Kier alpha value is -2.08. The zero-order chi connectivity index (χ0) is 14.4. The summed E-state index contributed by atoms with van der Waals surface area (Å²) in [6, 6.07) is 10.2. The van der Waals surface area contributed by atoms with Crippen molar-refractivity contribution >= 4 is 29.2 Å². The Kier molecular flexibility index (Phi) is 4.95. The number of benzene rings is 1. The highest BCUT2D eigenvalue weighted by Gasteiger charge is 2.02. The molecule has 0 unspecified atom stereocenters. The van der Waals surface area contributed by atoms with Gasteiger partial charge in [-0.25, -0.2) is 0 Å². The molecule has 0 saturated heterocycles. The number of nitrogens with zero attached hydrogens (tertiary/aromatic N) is 4. The van der Waals surface area contributed by atoms with Gasteiger partial charge in [-0.15, -0.1) is 0 Å². The molecule has 0 spiro atoms. The summed E-state index contributed by atoms with van der Waals surface area (Å²) in [6.07, 6.45) is 0.939. The summed E-state index contributed by atoms with van der Waals surface area (Å²) in [7, 11) is 2.06. The minimum Gasteiger partial charge on any atom is -0.375 e. The summed E-state index contributed by atoms with van der Waals surface area (Å²) >= 11 is 5.70. The quantitative estimate of drug-likeness (QED) is 0.793. The first-order chi connectivity index (χ1) is 9.65. The second-order valence-electron chi connectivity index (χ2n) is 4.32. The minimum absolute atomic E-state index is 0.0985. The number of hydrogen-bond acceptors (Lipinski definition) is 6. The lowest BCUT2D eigenvalue weighted by molar-refractivity contribution is 0.810. The van der Waals surface area contributed by atoms with E-state index in [-0.39, 0.29) is 11.2 Å². The van der Waals surface area contributed by atoms with Crippen molar-refractivity contribution in [3.8, 4) is 0 Å². The van der Waals surface area contributed by atoms with Gasteiger partial charge in [0.05, 0.1) is 0 Å². The number of nitrogens with two attached hydrogens (primary N) is 1. The molecule has 3 N–H and O–H groups in total. The molecule has 0 saturated carbocycles. The molecule has 0 fully saturated rings. The first kappa shape index (κ1) is 14.3. The zero-order valence-corrected chi connectivity index (χ0v) is 12.0. The van der Waals surface area contributed by atoms with E-state index in [0.29, 0.717) is 5.95 Å². The van der Waals surface area contributed by atoms with E-state index in [1.807, 2.05) is 18.2 Å². The first-order valence-electron chi connectivity index (χ1n) is 6.32. The van der Waals surface area contributed by atoms with Gasteiger partial charge in [0.2, 0.25) is 17.2 Å². The monoisotopic (exact) mass is 292 g/mol. The second-order valence-corrected chi connectivity index (χ2v) is 4.66. The Balaban J connectivity index is 1.76. The van der Waals surface area contributed by atoms with Crippen LogP contribution in [0, 0.1) is 0 Å². The first-order valence-corrected chi connectivity index (χ1v) is 6.70. The number of nitrogens with one attached hydrogen (secondary N) is 1. The molecule has 0 aliphatic heterocycles. The fourth-order valence-corrected chi connectivity index (χ4v) is 1.94. The minimum atomic E-state index is 0.0985. The van der Waals surface area contributed by atoms with Crippen LogP contribution < -0.4 is 16.0 Å². The maximum absolute atomic E-state index is 5.70. The number of anilines is 3. The van der Waals surface area contributed by atoms with E-state index in [1.54, 1.807) is 0 Å². The standard InChI is InChI=1S/C13H17ClN6/c1-20(10-6-3-2-4-7-10)9-5-8-16-13-18-11(14)17-12(15)19-13/h2-4,6-7H,5,8-9H2,1H3,(H3,15,16,17,18,19). The smallest absolute Gasteiger partial charge is 0.228 e. The van der Waals surface area contributed by atoms with Crippen molar-refractivity contribution in [1.82, 2.24) is 15.0 Å². The van der Waals surface area contributed by atoms with Crippen molar-refractivity contribution in [2.24, 2.45) is 0 Å². The van der Waals surface area contributed by atoms with Crippen molar-refractivity contribution in [2.75, 3.05) is 36.1 Å². The van der Waals surface area contributed by atoms with Gasteiger partial charge < -0.3 is 16.0 Å². The molecule has 1 heterocycles. The summed E-state index contributed by atoms with van der Waals surface area (Å²) in [5.41, 5.74) is 6.69. The number of nitrogen functional groups attached to an aromatic ring is 1. The largest absolute Gasteiger partial charge is 0.375 e. The van der Waals surface area contributed by atoms with E-state index in [4.69, 9.17) is 17.3 Å². The molecule has 0 radical (unpaired) electrons. The lowest BCUT2D eigenvalue weighted by Crippen LogP contribution is -2.21. The molecule has 1 aromatic heterocycles. The van der Waals surface area contributed by atoms with Gasteiger partial charge in [-0.3, -0.25) is 0 Å². The SMILES string of the molecule is CN(CCCNc1nc(N)nc(Cl)n1)c1ccccc1. The van der Waals surface area contributed by atoms with Crippen LogP contribution in [-0.4, -0.2) is 35.1 Å². The van der Waals surface area contributed by atoms with Crippen LogP contribution in [0.3, 0.4) is 0 Å². The van der Waals surface area contributed by atoms with Gasteiger partial charge in [-0.05, 0) is 30.2 Å². The van der Waals surface area contributed by atoms with Gasteiger partial charge in [0, 0.05) is 25.8 Å². The number of para-hydroxylation sites is 1. The maximum atomic E-state index is 5.70.